The van der Waals surface area contributed by atoms with Gasteiger partial charge in [0, 0.05) is 12.8 Å². The molecule has 0 heterocycles. The number of carbonyl (C=O) groups excluding carboxylic acids is 2. The predicted molar refractivity (Wildman–Crippen MR) is 172 cm³/mol. The van der Waals surface area contributed by atoms with Gasteiger partial charge in [-0.25, -0.2) is 0 Å². The molecule has 0 aliphatic heterocycles. The van der Waals surface area contributed by atoms with Crippen LogP contribution < -0.4 is 0 Å². The minimum absolute atomic E-state index is 0.130. The maximum atomic E-state index is 11.8. The number of esters is 2. The SMILES string of the molecule is CCCCCCCCCCCCCCCCCC(=O)OCCOCCOCCOCCOC(=O)CCCCCCCC. The fourth-order valence-corrected chi connectivity index (χ4v) is 4.81. The lowest BCUT2D eigenvalue weighted by Crippen LogP contribution is -2.15. The van der Waals surface area contributed by atoms with Crippen LogP contribution in [0.15, 0.2) is 0 Å². The Kier molecular flexibility index (Phi) is 35.0. The van der Waals surface area contributed by atoms with Crippen molar-refractivity contribution in [1.82, 2.24) is 0 Å². The Labute approximate surface area is 259 Å². The van der Waals surface area contributed by atoms with Gasteiger partial charge in [-0.2, -0.15) is 0 Å². The standard InChI is InChI=1S/C35H68O7/c1-3-5-7-9-11-12-13-14-15-16-17-18-19-21-23-25-35(37)42-33-31-40-29-27-38-26-28-39-30-32-41-34(36)24-22-20-10-8-6-4-2/h3-33H2,1-2H3. The van der Waals surface area contributed by atoms with Crippen molar-refractivity contribution in [3.63, 3.8) is 0 Å². The van der Waals surface area contributed by atoms with E-state index in [0.717, 1.165) is 25.7 Å². The number of hydrogen-bond donors (Lipinski definition) is 0. The normalized spacial score (nSPS) is 11.2. The number of carbonyl (C=O) groups is 2. The van der Waals surface area contributed by atoms with Crippen molar-refractivity contribution >= 4 is 11.9 Å². The average molecular weight is 601 g/mol. The molecule has 0 amide bonds. The number of unbranched alkanes of at least 4 members (excludes halogenated alkanes) is 19. The van der Waals surface area contributed by atoms with E-state index < -0.39 is 0 Å². The number of hydrogen-bond acceptors (Lipinski definition) is 7. The topological polar surface area (TPSA) is 80.3 Å². The Morgan fingerprint density at radius 3 is 0.857 bits per heavy atom. The molecule has 0 saturated carbocycles. The molecule has 0 radical (unpaired) electrons. The minimum atomic E-state index is -0.141. The summed E-state index contributed by atoms with van der Waals surface area (Å²) in [5, 5.41) is 0. The first kappa shape index (κ1) is 40.8. The van der Waals surface area contributed by atoms with Gasteiger partial charge >= 0.3 is 11.9 Å². The van der Waals surface area contributed by atoms with Gasteiger partial charge in [0.25, 0.3) is 0 Å². The summed E-state index contributed by atoms with van der Waals surface area (Å²) < 4.78 is 26.7. The fraction of sp³-hybridized carbons (Fsp3) is 0.943. The highest BCUT2D eigenvalue weighted by molar-refractivity contribution is 5.69. The summed E-state index contributed by atoms with van der Waals surface area (Å²) in [6, 6.07) is 0. The van der Waals surface area contributed by atoms with E-state index in [0.29, 0.717) is 52.5 Å². The van der Waals surface area contributed by atoms with Crippen LogP contribution in [0.25, 0.3) is 0 Å². The molecular formula is C35H68O7. The van der Waals surface area contributed by atoms with Crippen molar-refractivity contribution in [2.75, 3.05) is 52.9 Å². The smallest absolute Gasteiger partial charge is 0.305 e. The highest BCUT2D eigenvalue weighted by atomic mass is 16.6. The van der Waals surface area contributed by atoms with Crippen molar-refractivity contribution in [2.45, 2.75) is 162 Å². The molecule has 0 saturated heterocycles. The zero-order valence-corrected chi connectivity index (χ0v) is 27.8. The van der Waals surface area contributed by atoms with Crippen LogP contribution in [-0.4, -0.2) is 64.8 Å². The lowest BCUT2D eigenvalue weighted by molar-refractivity contribution is -0.146. The molecule has 0 aromatic heterocycles. The third kappa shape index (κ3) is 35.0. The predicted octanol–water partition coefficient (Wildman–Crippen LogP) is 9.13. The molecule has 7 heteroatoms. The second-order valence-corrected chi connectivity index (χ2v) is 11.5. The van der Waals surface area contributed by atoms with Crippen molar-refractivity contribution < 1.29 is 33.3 Å². The van der Waals surface area contributed by atoms with E-state index in [-0.39, 0.29) is 25.2 Å². The molecule has 0 bridgehead atoms. The quantitative estimate of drug-likeness (QED) is 0.0530. The number of ether oxygens (including phenoxy) is 5. The summed E-state index contributed by atoms with van der Waals surface area (Å²) in [5.41, 5.74) is 0. The van der Waals surface area contributed by atoms with Gasteiger partial charge in [-0.15, -0.1) is 0 Å². The fourth-order valence-electron chi connectivity index (χ4n) is 4.81. The van der Waals surface area contributed by atoms with E-state index >= 15 is 0 Å². The molecule has 0 N–H and O–H groups in total. The van der Waals surface area contributed by atoms with Crippen LogP contribution in [0.4, 0.5) is 0 Å². The number of rotatable bonds is 35. The summed E-state index contributed by atoms with van der Waals surface area (Å²) in [4.78, 5) is 23.5. The molecule has 0 spiro atoms. The molecule has 0 aromatic carbocycles. The van der Waals surface area contributed by atoms with Crippen molar-refractivity contribution in [2.24, 2.45) is 0 Å². The zero-order chi connectivity index (χ0) is 30.6. The Morgan fingerprint density at radius 2 is 0.571 bits per heavy atom. The Hall–Kier alpha value is -1.18. The van der Waals surface area contributed by atoms with Crippen molar-refractivity contribution in [3.8, 4) is 0 Å². The largest absolute Gasteiger partial charge is 0.463 e. The molecule has 0 aromatic rings. The first-order valence-electron chi connectivity index (χ1n) is 17.7. The molecule has 0 unspecified atom stereocenters. The average Bonchev–Trinajstić information content (AvgIpc) is 2.99. The molecular weight excluding hydrogens is 532 g/mol. The summed E-state index contributed by atoms with van der Waals surface area (Å²) in [7, 11) is 0. The monoisotopic (exact) mass is 600 g/mol. The van der Waals surface area contributed by atoms with Gasteiger partial charge < -0.3 is 23.7 Å². The van der Waals surface area contributed by atoms with Crippen LogP contribution in [0.3, 0.4) is 0 Å². The lowest BCUT2D eigenvalue weighted by Gasteiger charge is -2.08. The van der Waals surface area contributed by atoms with Crippen LogP contribution in [-0.2, 0) is 33.3 Å². The lowest BCUT2D eigenvalue weighted by atomic mass is 10.0. The molecule has 0 aliphatic carbocycles. The zero-order valence-electron chi connectivity index (χ0n) is 27.8. The summed E-state index contributed by atoms with van der Waals surface area (Å²) in [5.74, 6) is -0.270. The highest BCUT2D eigenvalue weighted by Crippen LogP contribution is 2.14. The van der Waals surface area contributed by atoms with Gasteiger partial charge in [0.2, 0.25) is 0 Å². The Bertz CT molecular complexity index is 555. The second-order valence-electron chi connectivity index (χ2n) is 11.5. The van der Waals surface area contributed by atoms with Crippen LogP contribution in [0.5, 0.6) is 0 Å². The third-order valence-corrected chi connectivity index (χ3v) is 7.44. The van der Waals surface area contributed by atoms with Gasteiger partial charge in [0.05, 0.1) is 39.6 Å². The summed E-state index contributed by atoms with van der Waals surface area (Å²) in [6.45, 7) is 7.64. The van der Waals surface area contributed by atoms with Crippen molar-refractivity contribution in [1.29, 1.82) is 0 Å². The summed E-state index contributed by atoms with van der Waals surface area (Å²) in [6.07, 6.45) is 27.7. The molecule has 250 valence electrons. The molecule has 0 fully saturated rings. The van der Waals surface area contributed by atoms with Gasteiger partial charge in [-0.3, -0.25) is 9.59 Å². The van der Waals surface area contributed by atoms with E-state index in [9.17, 15) is 9.59 Å². The first-order valence-corrected chi connectivity index (χ1v) is 17.7. The van der Waals surface area contributed by atoms with E-state index in [1.54, 1.807) is 0 Å². The maximum absolute atomic E-state index is 11.8. The molecule has 42 heavy (non-hydrogen) atoms. The van der Waals surface area contributed by atoms with Crippen molar-refractivity contribution in [3.05, 3.63) is 0 Å². The van der Waals surface area contributed by atoms with Crippen LogP contribution in [0.1, 0.15) is 162 Å². The van der Waals surface area contributed by atoms with E-state index in [1.807, 2.05) is 0 Å². The first-order chi connectivity index (χ1) is 20.7. The molecule has 0 aliphatic rings. The van der Waals surface area contributed by atoms with Gasteiger partial charge in [-0.1, -0.05) is 136 Å². The Morgan fingerprint density at radius 1 is 0.333 bits per heavy atom. The molecule has 0 atom stereocenters. The van der Waals surface area contributed by atoms with E-state index in [4.69, 9.17) is 23.7 Å². The molecule has 0 rings (SSSR count). The second kappa shape index (κ2) is 36.0. The summed E-state index contributed by atoms with van der Waals surface area (Å²) >= 11 is 0. The van der Waals surface area contributed by atoms with Gasteiger partial charge in [0.15, 0.2) is 0 Å². The van der Waals surface area contributed by atoms with Crippen LogP contribution >= 0.6 is 0 Å². The minimum Gasteiger partial charge on any atom is -0.463 e. The maximum Gasteiger partial charge on any atom is 0.305 e. The van der Waals surface area contributed by atoms with E-state index in [2.05, 4.69) is 13.8 Å². The molecule has 7 nitrogen and oxygen atoms in total. The van der Waals surface area contributed by atoms with E-state index in [1.165, 1.54) is 109 Å². The van der Waals surface area contributed by atoms with Crippen LogP contribution in [0.2, 0.25) is 0 Å². The van der Waals surface area contributed by atoms with Gasteiger partial charge in [0.1, 0.15) is 13.2 Å². The highest BCUT2D eigenvalue weighted by Gasteiger charge is 2.04. The third-order valence-electron chi connectivity index (χ3n) is 7.44. The van der Waals surface area contributed by atoms with Gasteiger partial charge in [-0.05, 0) is 12.8 Å². The van der Waals surface area contributed by atoms with Crippen LogP contribution in [0, 0.1) is 0 Å². The Balaban J connectivity index is 3.21.